The van der Waals surface area contributed by atoms with E-state index in [0.717, 1.165) is 52.4 Å². The van der Waals surface area contributed by atoms with Gasteiger partial charge in [0.2, 0.25) is 0 Å². The largest absolute Gasteiger partial charge is 0.352 e. The number of hydrogen-bond acceptors (Lipinski definition) is 5. The van der Waals surface area contributed by atoms with Gasteiger partial charge < -0.3 is 9.80 Å². The number of fused-ring (bicyclic) bond motifs is 3. The minimum atomic E-state index is 0.111. The molecule has 33 heavy (non-hydrogen) atoms. The van der Waals surface area contributed by atoms with Gasteiger partial charge in [-0.1, -0.05) is 36.2 Å². The van der Waals surface area contributed by atoms with Gasteiger partial charge in [-0.05, 0) is 61.9 Å². The molecule has 0 bridgehead atoms. The van der Waals surface area contributed by atoms with Crippen LogP contribution in [0, 0.1) is 0 Å². The van der Waals surface area contributed by atoms with Crippen LogP contribution < -0.4 is 4.90 Å². The third-order valence-corrected chi connectivity index (χ3v) is 8.79. The Bertz CT molecular complexity index is 1150. The first-order valence-electron chi connectivity index (χ1n) is 12.2. The molecule has 0 spiro atoms. The molecule has 5 rings (SSSR count). The molecule has 2 aromatic heterocycles. The lowest BCUT2D eigenvalue weighted by atomic mass is 10.1. The number of nitrogens with zero attached hydrogens (tertiary/aromatic N) is 4. The van der Waals surface area contributed by atoms with E-state index in [9.17, 15) is 4.79 Å². The highest BCUT2D eigenvalue weighted by Gasteiger charge is 2.28. The summed E-state index contributed by atoms with van der Waals surface area (Å²) in [6.07, 6.45) is 7.17. The molecule has 1 fully saturated rings. The highest BCUT2D eigenvalue weighted by atomic mass is 79.9. The van der Waals surface area contributed by atoms with Crippen LogP contribution in [0.3, 0.4) is 0 Å². The van der Waals surface area contributed by atoms with Crippen molar-refractivity contribution in [1.82, 2.24) is 14.9 Å². The lowest BCUT2D eigenvalue weighted by Crippen LogP contribution is -2.49. The molecule has 1 aliphatic heterocycles. The molecule has 5 nitrogen and oxygen atoms in total. The number of aromatic nitrogens is 2. The number of carbonyl (C=O) groups is 1. The van der Waals surface area contributed by atoms with E-state index in [0.29, 0.717) is 19.0 Å². The Morgan fingerprint density at radius 2 is 1.79 bits per heavy atom. The van der Waals surface area contributed by atoms with Gasteiger partial charge in [0.05, 0.1) is 5.39 Å². The first kappa shape index (κ1) is 22.8. The highest BCUT2D eigenvalue weighted by molar-refractivity contribution is 9.10. The minimum Gasteiger partial charge on any atom is -0.352 e. The van der Waals surface area contributed by atoms with Crippen molar-refractivity contribution in [3.05, 3.63) is 50.6 Å². The maximum Gasteiger partial charge on any atom is 0.253 e. The smallest absolute Gasteiger partial charge is 0.253 e. The Balaban J connectivity index is 1.44. The van der Waals surface area contributed by atoms with Gasteiger partial charge in [0.1, 0.15) is 16.5 Å². The molecule has 0 N–H and O–H groups in total. The van der Waals surface area contributed by atoms with Gasteiger partial charge in [-0.2, -0.15) is 0 Å². The summed E-state index contributed by atoms with van der Waals surface area (Å²) in [5.41, 5.74) is 2.24. The Kier molecular flexibility index (Phi) is 6.70. The average Bonchev–Trinajstić information content (AvgIpc) is 3.03. The van der Waals surface area contributed by atoms with Gasteiger partial charge in [-0.25, -0.2) is 9.97 Å². The van der Waals surface area contributed by atoms with Gasteiger partial charge in [0, 0.05) is 47.0 Å². The fourth-order valence-electron chi connectivity index (χ4n) is 4.86. The topological polar surface area (TPSA) is 49.3 Å². The van der Waals surface area contributed by atoms with Crippen molar-refractivity contribution in [1.29, 1.82) is 0 Å². The summed E-state index contributed by atoms with van der Waals surface area (Å²) in [7, 11) is 0. The molecule has 2 aliphatic rings. The molecule has 3 aromatic rings. The Morgan fingerprint density at radius 3 is 2.52 bits per heavy atom. The molecule has 1 aliphatic carbocycles. The predicted molar refractivity (Wildman–Crippen MR) is 140 cm³/mol. The molecule has 174 valence electrons. The normalized spacial score (nSPS) is 17.7. The van der Waals surface area contributed by atoms with E-state index in [1.165, 1.54) is 41.5 Å². The van der Waals surface area contributed by atoms with Crippen molar-refractivity contribution in [3.8, 4) is 0 Å². The van der Waals surface area contributed by atoms with Crippen LogP contribution in [0.5, 0.6) is 0 Å². The van der Waals surface area contributed by atoms with Crippen molar-refractivity contribution >= 4 is 49.2 Å². The number of halogens is 1. The Morgan fingerprint density at radius 1 is 1.06 bits per heavy atom. The third-order valence-electron chi connectivity index (χ3n) is 7.07. The van der Waals surface area contributed by atoms with Crippen molar-refractivity contribution in [3.63, 3.8) is 0 Å². The lowest BCUT2D eigenvalue weighted by molar-refractivity contribution is 0.0746. The van der Waals surface area contributed by atoms with Crippen LogP contribution in [0.2, 0.25) is 0 Å². The molecule has 7 heteroatoms. The lowest BCUT2D eigenvalue weighted by Gasteiger charge is -2.36. The van der Waals surface area contributed by atoms with Gasteiger partial charge in [-0.3, -0.25) is 4.79 Å². The molecular formula is C26H31BrN4OS. The summed E-state index contributed by atoms with van der Waals surface area (Å²) in [5, 5.41) is 1.29. The number of piperazine rings is 1. The van der Waals surface area contributed by atoms with E-state index < -0.39 is 0 Å². The van der Waals surface area contributed by atoms with Crippen molar-refractivity contribution in [2.75, 3.05) is 31.1 Å². The number of amides is 1. The molecular weight excluding hydrogens is 496 g/mol. The summed E-state index contributed by atoms with van der Waals surface area (Å²) in [6, 6.07) is 7.65. The van der Waals surface area contributed by atoms with E-state index >= 15 is 0 Å². The summed E-state index contributed by atoms with van der Waals surface area (Å²) < 4.78 is 0.989. The van der Waals surface area contributed by atoms with Crippen molar-refractivity contribution < 1.29 is 4.79 Å². The number of rotatable bonds is 4. The zero-order valence-corrected chi connectivity index (χ0v) is 21.8. The maximum absolute atomic E-state index is 13.0. The number of hydrogen-bond donors (Lipinski definition) is 0. The summed E-state index contributed by atoms with van der Waals surface area (Å²) in [5.74, 6) is 2.52. The number of thiophene rings is 1. The fourth-order valence-corrected chi connectivity index (χ4v) is 6.39. The molecule has 1 amide bonds. The van der Waals surface area contributed by atoms with Crippen LogP contribution in [-0.2, 0) is 12.8 Å². The summed E-state index contributed by atoms with van der Waals surface area (Å²) in [4.78, 5) is 30.3. The molecule has 1 atom stereocenters. The second-order valence-corrected chi connectivity index (χ2v) is 11.2. The van der Waals surface area contributed by atoms with Crippen LogP contribution in [0.4, 0.5) is 5.82 Å². The van der Waals surface area contributed by atoms with Crippen LogP contribution >= 0.6 is 27.3 Å². The number of aryl methyl sites for hydroxylation is 2. The second-order valence-electron chi connectivity index (χ2n) is 9.25. The molecule has 1 aromatic carbocycles. The van der Waals surface area contributed by atoms with Gasteiger partial charge in [0.15, 0.2) is 0 Å². The van der Waals surface area contributed by atoms with Crippen LogP contribution in [0.15, 0.2) is 28.7 Å². The standard InChI is InChI=1S/C26H31BrN4OS/c1-3-17(2)23-28-24(22-20-7-5-4-6-8-21(20)33-25(22)29-23)30-13-15-31(16-14-30)26(32)18-9-11-19(27)12-10-18/h9-12,17H,3-8,13-16H2,1-2H3/t17-/m1/s1. The average molecular weight is 528 g/mol. The number of carbonyl (C=O) groups excluding carboxylic acids is 1. The van der Waals surface area contributed by atoms with E-state index in [-0.39, 0.29) is 5.91 Å². The van der Waals surface area contributed by atoms with Gasteiger partial charge >= 0.3 is 0 Å². The van der Waals surface area contributed by atoms with Crippen LogP contribution in [-0.4, -0.2) is 47.0 Å². The predicted octanol–water partition coefficient (Wildman–Crippen LogP) is 6.20. The molecule has 0 radical (unpaired) electrons. The first-order chi connectivity index (χ1) is 16.0. The number of benzene rings is 1. The minimum absolute atomic E-state index is 0.111. The maximum atomic E-state index is 13.0. The van der Waals surface area contributed by atoms with Gasteiger partial charge in [-0.15, -0.1) is 11.3 Å². The monoisotopic (exact) mass is 526 g/mol. The van der Waals surface area contributed by atoms with Crippen molar-refractivity contribution in [2.45, 2.75) is 58.3 Å². The summed E-state index contributed by atoms with van der Waals surface area (Å²) >= 11 is 5.34. The fraction of sp³-hybridized carbons (Fsp3) is 0.500. The summed E-state index contributed by atoms with van der Waals surface area (Å²) in [6.45, 7) is 7.46. The quantitative estimate of drug-likeness (QED) is 0.379. The van der Waals surface area contributed by atoms with E-state index in [4.69, 9.17) is 9.97 Å². The van der Waals surface area contributed by atoms with E-state index in [1.807, 2.05) is 40.5 Å². The second kappa shape index (κ2) is 9.71. The molecule has 1 saturated heterocycles. The molecule has 0 saturated carbocycles. The van der Waals surface area contributed by atoms with Crippen LogP contribution in [0.25, 0.3) is 10.2 Å². The molecule has 0 unspecified atom stereocenters. The Hall–Kier alpha value is -1.99. The number of anilines is 1. The van der Waals surface area contributed by atoms with E-state index in [2.05, 4.69) is 34.7 Å². The van der Waals surface area contributed by atoms with E-state index in [1.54, 1.807) is 0 Å². The third kappa shape index (κ3) is 4.54. The zero-order valence-electron chi connectivity index (χ0n) is 19.4. The first-order valence-corrected chi connectivity index (χ1v) is 13.8. The zero-order chi connectivity index (χ0) is 22.9. The van der Waals surface area contributed by atoms with Crippen LogP contribution in [0.1, 0.15) is 72.1 Å². The Labute approximate surface area is 208 Å². The molecule has 3 heterocycles. The van der Waals surface area contributed by atoms with Crippen molar-refractivity contribution in [2.24, 2.45) is 0 Å². The SMILES string of the molecule is CC[C@@H](C)c1nc(N2CCN(C(=O)c3ccc(Br)cc3)CC2)c2c3c(sc2n1)CCCCC3. The highest BCUT2D eigenvalue weighted by Crippen LogP contribution is 2.40. The van der Waals surface area contributed by atoms with Gasteiger partial charge in [0.25, 0.3) is 5.91 Å².